The average Bonchev–Trinajstić information content (AvgIpc) is 3.27. The largest absolute Gasteiger partial charge is 0.493 e. The van der Waals surface area contributed by atoms with Crippen molar-refractivity contribution < 1.29 is 23.0 Å². The van der Waals surface area contributed by atoms with Crippen LogP contribution in [-0.4, -0.2) is 42.7 Å². The minimum atomic E-state index is -1.50. The second kappa shape index (κ2) is 9.41. The molecule has 1 saturated heterocycles. The monoisotopic (exact) mass is 457 g/mol. The molecule has 1 aliphatic heterocycles. The molecule has 0 aromatic heterocycles. The summed E-state index contributed by atoms with van der Waals surface area (Å²) < 4.78 is 40.8. The van der Waals surface area contributed by atoms with Gasteiger partial charge in [0.25, 0.3) is 0 Å². The zero-order chi connectivity index (χ0) is 23.8. The average molecular weight is 458 g/mol. The maximum Gasteiger partial charge on any atom is 0.166 e. The SMILES string of the molecule is COc1cc2c(cc1OC)C(=O)C(CC(C)(F)CC1CCC(C)N1Cc1ccccc1F)C2. The fourth-order valence-corrected chi connectivity index (χ4v) is 5.60. The van der Waals surface area contributed by atoms with Crippen LogP contribution in [0.25, 0.3) is 0 Å². The molecule has 178 valence electrons. The lowest BCUT2D eigenvalue weighted by molar-refractivity contribution is 0.0680. The van der Waals surface area contributed by atoms with E-state index in [1.165, 1.54) is 13.2 Å². The Morgan fingerprint density at radius 1 is 1.09 bits per heavy atom. The Bertz CT molecular complexity index is 1020. The molecule has 4 atom stereocenters. The van der Waals surface area contributed by atoms with Crippen molar-refractivity contribution in [2.45, 2.75) is 70.2 Å². The van der Waals surface area contributed by atoms with Crippen LogP contribution in [0.15, 0.2) is 36.4 Å². The summed E-state index contributed by atoms with van der Waals surface area (Å²) in [6.07, 6.45) is 2.85. The number of carbonyl (C=O) groups excluding carboxylic acids is 1. The zero-order valence-electron chi connectivity index (χ0n) is 19.9. The molecule has 0 amide bonds. The molecule has 1 aliphatic carbocycles. The van der Waals surface area contributed by atoms with Crippen molar-refractivity contribution in [1.29, 1.82) is 0 Å². The molecule has 33 heavy (non-hydrogen) atoms. The van der Waals surface area contributed by atoms with Crippen LogP contribution in [0.2, 0.25) is 0 Å². The van der Waals surface area contributed by atoms with E-state index in [-0.39, 0.29) is 30.1 Å². The van der Waals surface area contributed by atoms with Crippen molar-refractivity contribution in [3.8, 4) is 11.5 Å². The number of hydrogen-bond acceptors (Lipinski definition) is 4. The molecule has 4 unspecified atom stereocenters. The number of benzene rings is 2. The third kappa shape index (κ3) is 4.91. The van der Waals surface area contributed by atoms with E-state index in [0.717, 1.165) is 18.4 Å². The van der Waals surface area contributed by atoms with Crippen molar-refractivity contribution in [3.05, 3.63) is 58.9 Å². The van der Waals surface area contributed by atoms with E-state index in [1.54, 1.807) is 32.2 Å². The molecule has 0 saturated carbocycles. The summed E-state index contributed by atoms with van der Waals surface area (Å²) >= 11 is 0. The molecule has 0 bridgehead atoms. The van der Waals surface area contributed by atoms with Gasteiger partial charge >= 0.3 is 0 Å². The Kier molecular flexibility index (Phi) is 6.76. The zero-order valence-corrected chi connectivity index (χ0v) is 19.9. The van der Waals surface area contributed by atoms with E-state index >= 15 is 4.39 Å². The first-order valence-corrected chi connectivity index (χ1v) is 11.7. The van der Waals surface area contributed by atoms with Crippen LogP contribution in [0.4, 0.5) is 8.78 Å². The van der Waals surface area contributed by atoms with Gasteiger partial charge in [-0.15, -0.1) is 0 Å². The van der Waals surface area contributed by atoms with Gasteiger partial charge in [0.2, 0.25) is 0 Å². The number of nitrogens with zero attached hydrogens (tertiary/aromatic N) is 1. The number of hydrogen-bond donors (Lipinski definition) is 0. The van der Waals surface area contributed by atoms with Crippen LogP contribution in [0, 0.1) is 11.7 Å². The van der Waals surface area contributed by atoms with Crippen molar-refractivity contribution in [2.24, 2.45) is 5.92 Å². The predicted molar refractivity (Wildman–Crippen MR) is 124 cm³/mol. The van der Waals surface area contributed by atoms with E-state index in [4.69, 9.17) is 9.47 Å². The molecular weight excluding hydrogens is 424 g/mol. The van der Waals surface area contributed by atoms with Gasteiger partial charge in [-0.05, 0) is 69.7 Å². The lowest BCUT2D eigenvalue weighted by atomic mass is 9.85. The fraction of sp³-hybridized carbons (Fsp3) is 0.519. The van der Waals surface area contributed by atoms with Crippen molar-refractivity contribution in [3.63, 3.8) is 0 Å². The van der Waals surface area contributed by atoms with E-state index in [9.17, 15) is 9.18 Å². The van der Waals surface area contributed by atoms with E-state index in [1.807, 2.05) is 12.1 Å². The second-order valence-corrected chi connectivity index (χ2v) is 9.80. The molecule has 0 spiro atoms. The van der Waals surface area contributed by atoms with Crippen LogP contribution in [-0.2, 0) is 13.0 Å². The van der Waals surface area contributed by atoms with E-state index in [2.05, 4.69) is 11.8 Å². The number of methoxy groups -OCH3 is 2. The Labute approximate surface area is 194 Å². The number of alkyl halides is 1. The quantitative estimate of drug-likeness (QED) is 0.505. The molecule has 0 radical (unpaired) electrons. The Morgan fingerprint density at radius 2 is 1.79 bits per heavy atom. The van der Waals surface area contributed by atoms with Gasteiger partial charge in [0, 0.05) is 35.7 Å². The second-order valence-electron chi connectivity index (χ2n) is 9.80. The number of ketones is 1. The molecular formula is C27H33F2NO3. The summed E-state index contributed by atoms with van der Waals surface area (Å²) in [4.78, 5) is 15.3. The predicted octanol–water partition coefficient (Wildman–Crippen LogP) is 5.76. The van der Waals surface area contributed by atoms with Crippen LogP contribution >= 0.6 is 0 Å². The minimum absolute atomic E-state index is 0.0219. The van der Waals surface area contributed by atoms with Gasteiger partial charge in [-0.2, -0.15) is 0 Å². The van der Waals surface area contributed by atoms with Gasteiger partial charge in [-0.3, -0.25) is 9.69 Å². The molecule has 1 heterocycles. The number of Topliss-reactive ketones (excluding diaryl/α,β-unsaturated/α-hetero) is 1. The van der Waals surface area contributed by atoms with Gasteiger partial charge in [0.05, 0.1) is 14.2 Å². The summed E-state index contributed by atoms with van der Waals surface area (Å²) in [6.45, 7) is 4.20. The molecule has 6 heteroatoms. The van der Waals surface area contributed by atoms with Crippen LogP contribution in [0.3, 0.4) is 0 Å². The third-order valence-electron chi connectivity index (χ3n) is 7.31. The lowest BCUT2D eigenvalue weighted by Gasteiger charge is -2.33. The number of ether oxygens (including phenoxy) is 2. The lowest BCUT2D eigenvalue weighted by Crippen LogP contribution is -2.39. The third-order valence-corrected chi connectivity index (χ3v) is 7.31. The highest BCUT2D eigenvalue weighted by atomic mass is 19.1. The highest BCUT2D eigenvalue weighted by Gasteiger charge is 2.41. The van der Waals surface area contributed by atoms with Crippen LogP contribution in [0.5, 0.6) is 11.5 Å². The summed E-state index contributed by atoms with van der Waals surface area (Å²) in [5.41, 5.74) is 0.623. The molecule has 0 N–H and O–H groups in total. The number of likely N-dealkylation sites (tertiary alicyclic amines) is 1. The number of rotatable bonds is 8. The highest BCUT2D eigenvalue weighted by Crippen LogP contribution is 2.41. The van der Waals surface area contributed by atoms with E-state index < -0.39 is 11.6 Å². The Hall–Kier alpha value is -2.47. The molecule has 4 nitrogen and oxygen atoms in total. The van der Waals surface area contributed by atoms with Gasteiger partial charge in [-0.1, -0.05) is 18.2 Å². The Morgan fingerprint density at radius 3 is 2.48 bits per heavy atom. The van der Waals surface area contributed by atoms with E-state index in [0.29, 0.717) is 42.0 Å². The standard InChI is InChI=1S/C27H33F2NO3/c1-17-9-10-21(30(17)16-18-7-5-6-8-23(18)28)15-27(2,29)14-20-11-19-12-24(32-3)25(33-4)13-22(19)26(20)31/h5-8,12-13,17,20-21H,9-11,14-16H2,1-4H3. The maximum atomic E-state index is 15.9. The van der Waals surface area contributed by atoms with Crippen molar-refractivity contribution >= 4 is 5.78 Å². The van der Waals surface area contributed by atoms with Gasteiger partial charge in [-0.25, -0.2) is 8.78 Å². The molecule has 2 aromatic carbocycles. The molecule has 2 aromatic rings. The molecule has 1 fully saturated rings. The summed E-state index contributed by atoms with van der Waals surface area (Å²) in [6, 6.07) is 10.6. The number of fused-ring (bicyclic) bond motifs is 1. The van der Waals surface area contributed by atoms with Gasteiger partial charge in [0.1, 0.15) is 11.5 Å². The van der Waals surface area contributed by atoms with Crippen molar-refractivity contribution in [1.82, 2.24) is 4.90 Å². The topological polar surface area (TPSA) is 38.8 Å². The van der Waals surface area contributed by atoms with Gasteiger partial charge < -0.3 is 9.47 Å². The van der Waals surface area contributed by atoms with Crippen LogP contribution in [0.1, 0.15) is 61.0 Å². The fourth-order valence-electron chi connectivity index (χ4n) is 5.60. The summed E-state index contributed by atoms with van der Waals surface area (Å²) in [7, 11) is 3.10. The first-order chi connectivity index (χ1) is 15.7. The highest BCUT2D eigenvalue weighted by molar-refractivity contribution is 6.03. The minimum Gasteiger partial charge on any atom is -0.493 e. The molecule has 4 rings (SSSR count). The van der Waals surface area contributed by atoms with Gasteiger partial charge in [0.15, 0.2) is 17.3 Å². The van der Waals surface area contributed by atoms with Crippen molar-refractivity contribution in [2.75, 3.05) is 14.2 Å². The number of halogens is 2. The number of carbonyl (C=O) groups is 1. The maximum absolute atomic E-state index is 15.9. The van der Waals surface area contributed by atoms with Crippen LogP contribution < -0.4 is 9.47 Å². The summed E-state index contributed by atoms with van der Waals surface area (Å²) in [5.74, 6) is 0.440. The molecule has 2 aliphatic rings. The first-order valence-electron chi connectivity index (χ1n) is 11.7. The Balaban J connectivity index is 1.45. The smallest absolute Gasteiger partial charge is 0.166 e. The normalized spacial score (nSPS) is 24.5. The first kappa shape index (κ1) is 23.7. The summed E-state index contributed by atoms with van der Waals surface area (Å²) in [5, 5.41) is 0.